The van der Waals surface area contributed by atoms with Crippen LogP contribution in [0, 0.1) is 5.92 Å². The van der Waals surface area contributed by atoms with Gasteiger partial charge < -0.3 is 4.74 Å². The Kier molecular flexibility index (Phi) is 3.75. The van der Waals surface area contributed by atoms with Crippen LogP contribution in [0.15, 0.2) is 36.9 Å². The highest BCUT2D eigenvalue weighted by Crippen LogP contribution is 2.21. The zero-order valence-corrected chi connectivity index (χ0v) is 9.08. The first-order valence-corrected chi connectivity index (χ1v) is 4.86. The summed E-state index contributed by atoms with van der Waals surface area (Å²) in [5.41, 5.74) is 1.16. The topological polar surface area (TPSA) is 9.23 Å². The summed E-state index contributed by atoms with van der Waals surface area (Å²) in [5, 5.41) is 0. The third kappa shape index (κ3) is 2.91. The highest BCUT2D eigenvalue weighted by atomic mass is 16.5. The van der Waals surface area contributed by atoms with Gasteiger partial charge in [-0.2, -0.15) is 0 Å². The largest absolute Gasteiger partial charge is 0.491 e. The van der Waals surface area contributed by atoms with Gasteiger partial charge in [0, 0.05) is 5.92 Å². The lowest BCUT2D eigenvalue weighted by atomic mass is 10.0. The number of hydrogen-bond donors (Lipinski definition) is 0. The second kappa shape index (κ2) is 4.85. The van der Waals surface area contributed by atoms with E-state index < -0.39 is 0 Å². The molecule has 0 aromatic heterocycles. The van der Waals surface area contributed by atoms with Gasteiger partial charge in [-0.3, -0.25) is 0 Å². The number of ether oxygens (including phenoxy) is 1. The molecule has 14 heavy (non-hydrogen) atoms. The van der Waals surface area contributed by atoms with E-state index in [0.29, 0.717) is 0 Å². The summed E-state index contributed by atoms with van der Waals surface area (Å²) in [4.78, 5) is 0. The Bertz CT molecular complexity index is 302. The zero-order valence-electron chi connectivity index (χ0n) is 9.08. The van der Waals surface area contributed by atoms with Crippen molar-refractivity contribution in [2.24, 2.45) is 0 Å². The van der Waals surface area contributed by atoms with Crippen molar-refractivity contribution >= 4 is 0 Å². The van der Waals surface area contributed by atoms with E-state index in [1.54, 1.807) is 0 Å². The van der Waals surface area contributed by atoms with Gasteiger partial charge >= 0.3 is 0 Å². The third-order valence-corrected chi connectivity index (χ3v) is 1.97. The van der Waals surface area contributed by atoms with Crippen molar-refractivity contribution in [2.75, 3.05) is 0 Å². The van der Waals surface area contributed by atoms with E-state index in [2.05, 4.69) is 12.6 Å². The molecule has 1 aromatic carbocycles. The third-order valence-electron chi connectivity index (χ3n) is 1.97. The molecule has 0 aliphatic rings. The molecule has 1 heteroatoms. The summed E-state index contributed by atoms with van der Waals surface area (Å²) in [6.07, 6.45) is 2.07. The Balaban J connectivity index is 2.83. The first-order valence-electron chi connectivity index (χ1n) is 4.86. The minimum atomic E-state index is 0.217. The summed E-state index contributed by atoms with van der Waals surface area (Å²) in [6.45, 7) is 9.84. The van der Waals surface area contributed by atoms with Crippen LogP contribution < -0.4 is 4.74 Å². The van der Waals surface area contributed by atoms with Gasteiger partial charge in [-0.05, 0) is 31.5 Å². The maximum absolute atomic E-state index is 5.60. The highest BCUT2D eigenvalue weighted by Gasteiger charge is 2.03. The van der Waals surface area contributed by atoms with Crippen LogP contribution in [0.1, 0.15) is 26.3 Å². The fourth-order valence-corrected chi connectivity index (χ4v) is 1.20. The highest BCUT2D eigenvalue weighted by molar-refractivity contribution is 5.40. The Hall–Kier alpha value is -1.24. The van der Waals surface area contributed by atoms with Gasteiger partial charge in [0.15, 0.2) is 0 Å². The number of rotatable bonds is 4. The van der Waals surface area contributed by atoms with Gasteiger partial charge in [0.2, 0.25) is 0 Å². The quantitative estimate of drug-likeness (QED) is 0.703. The van der Waals surface area contributed by atoms with Crippen LogP contribution >= 0.6 is 0 Å². The van der Waals surface area contributed by atoms with Gasteiger partial charge in [0.1, 0.15) is 5.75 Å². The molecule has 0 N–H and O–H groups in total. The van der Waals surface area contributed by atoms with E-state index in [1.165, 1.54) is 5.92 Å². The minimum absolute atomic E-state index is 0.217. The molecule has 0 fully saturated rings. The SMILES string of the molecule is C=C[C](C)c1cccc(OC(C)C)c1. The van der Waals surface area contributed by atoms with Crippen LogP contribution in [-0.4, -0.2) is 6.10 Å². The number of benzene rings is 1. The molecule has 1 rings (SSSR count). The fourth-order valence-electron chi connectivity index (χ4n) is 1.20. The molecule has 0 heterocycles. The van der Waals surface area contributed by atoms with Gasteiger partial charge in [0.25, 0.3) is 0 Å². The molecule has 0 unspecified atom stereocenters. The maximum Gasteiger partial charge on any atom is 0.119 e. The molecular formula is C13H17O. The lowest BCUT2D eigenvalue weighted by molar-refractivity contribution is 0.242. The molecule has 0 amide bonds. The van der Waals surface area contributed by atoms with Crippen molar-refractivity contribution in [2.45, 2.75) is 26.9 Å². The van der Waals surface area contributed by atoms with Crippen LogP contribution in [0.4, 0.5) is 0 Å². The first kappa shape index (κ1) is 10.8. The van der Waals surface area contributed by atoms with E-state index in [1.807, 2.05) is 45.0 Å². The van der Waals surface area contributed by atoms with Gasteiger partial charge in [-0.15, -0.1) is 6.58 Å². The Labute approximate surface area is 86.4 Å². The van der Waals surface area contributed by atoms with Crippen LogP contribution in [0.5, 0.6) is 5.75 Å². The molecule has 1 radical (unpaired) electrons. The second-order valence-electron chi connectivity index (χ2n) is 3.58. The second-order valence-corrected chi connectivity index (χ2v) is 3.58. The Morgan fingerprint density at radius 3 is 2.71 bits per heavy atom. The molecule has 0 saturated heterocycles. The lowest BCUT2D eigenvalue weighted by Gasteiger charge is -2.12. The average molecular weight is 189 g/mol. The van der Waals surface area contributed by atoms with Crippen molar-refractivity contribution in [1.82, 2.24) is 0 Å². The van der Waals surface area contributed by atoms with Crippen molar-refractivity contribution < 1.29 is 4.74 Å². The molecule has 75 valence electrons. The van der Waals surface area contributed by atoms with Crippen LogP contribution in [0.25, 0.3) is 0 Å². The number of allylic oxidation sites excluding steroid dienone is 1. The molecule has 1 aromatic rings. The molecule has 0 aliphatic heterocycles. The molecule has 0 bridgehead atoms. The monoisotopic (exact) mass is 189 g/mol. The summed E-state index contributed by atoms with van der Waals surface area (Å²) >= 11 is 0. The fraction of sp³-hybridized carbons (Fsp3) is 0.308. The van der Waals surface area contributed by atoms with Gasteiger partial charge in [0.05, 0.1) is 6.10 Å². The lowest BCUT2D eigenvalue weighted by Crippen LogP contribution is -2.05. The predicted molar refractivity (Wildman–Crippen MR) is 60.4 cm³/mol. The Morgan fingerprint density at radius 2 is 2.14 bits per heavy atom. The molecule has 0 atom stereocenters. The van der Waals surface area contributed by atoms with E-state index in [0.717, 1.165) is 11.3 Å². The predicted octanol–water partition coefficient (Wildman–Crippen LogP) is 3.60. The summed E-state index contributed by atoms with van der Waals surface area (Å²) < 4.78 is 5.60. The van der Waals surface area contributed by atoms with Crippen molar-refractivity contribution in [3.63, 3.8) is 0 Å². The normalized spacial score (nSPS) is 10.6. The van der Waals surface area contributed by atoms with Gasteiger partial charge in [-0.1, -0.05) is 25.1 Å². The summed E-state index contributed by atoms with van der Waals surface area (Å²) in [7, 11) is 0. The minimum Gasteiger partial charge on any atom is -0.491 e. The molecule has 0 aliphatic carbocycles. The first-order chi connectivity index (χ1) is 6.63. The van der Waals surface area contributed by atoms with Crippen molar-refractivity contribution in [3.8, 4) is 5.75 Å². The van der Waals surface area contributed by atoms with Crippen LogP contribution in [0.3, 0.4) is 0 Å². The summed E-state index contributed by atoms with van der Waals surface area (Å²) in [6, 6.07) is 8.07. The zero-order chi connectivity index (χ0) is 10.6. The van der Waals surface area contributed by atoms with Gasteiger partial charge in [-0.25, -0.2) is 0 Å². The molecular weight excluding hydrogens is 172 g/mol. The van der Waals surface area contributed by atoms with E-state index >= 15 is 0 Å². The van der Waals surface area contributed by atoms with Crippen LogP contribution in [0.2, 0.25) is 0 Å². The van der Waals surface area contributed by atoms with E-state index in [4.69, 9.17) is 4.74 Å². The van der Waals surface area contributed by atoms with Crippen molar-refractivity contribution in [1.29, 1.82) is 0 Å². The standard InChI is InChI=1S/C13H17O/c1-5-11(4)12-7-6-8-13(9-12)14-10(2)3/h5-10H,1H2,2-4H3. The average Bonchev–Trinajstić information content (AvgIpc) is 2.16. The van der Waals surface area contributed by atoms with E-state index in [9.17, 15) is 0 Å². The molecule has 0 spiro atoms. The van der Waals surface area contributed by atoms with Crippen LogP contribution in [-0.2, 0) is 0 Å². The van der Waals surface area contributed by atoms with Crippen molar-refractivity contribution in [3.05, 3.63) is 48.4 Å². The maximum atomic E-state index is 5.60. The molecule has 0 saturated carbocycles. The smallest absolute Gasteiger partial charge is 0.119 e. The molecule has 1 nitrogen and oxygen atoms in total. The van der Waals surface area contributed by atoms with E-state index in [-0.39, 0.29) is 6.10 Å². The summed E-state index contributed by atoms with van der Waals surface area (Å²) in [5.74, 6) is 2.08. The number of hydrogen-bond acceptors (Lipinski definition) is 1. The Morgan fingerprint density at radius 1 is 1.43 bits per heavy atom.